The number of likely N-dealkylation sites (tertiary alicyclic amines) is 1. The minimum atomic E-state index is -0.829. The molecule has 2 amide bonds. The zero-order valence-electron chi connectivity index (χ0n) is 14.4. The van der Waals surface area contributed by atoms with Crippen molar-refractivity contribution >= 4 is 24.2 Å². The maximum absolute atomic E-state index is 12.8. The maximum Gasteiger partial charge on any atom is 0.254 e. The van der Waals surface area contributed by atoms with Crippen molar-refractivity contribution in [3.63, 3.8) is 0 Å². The van der Waals surface area contributed by atoms with Gasteiger partial charge in [0, 0.05) is 37.7 Å². The summed E-state index contributed by atoms with van der Waals surface area (Å²) < 4.78 is 0. The predicted octanol–water partition coefficient (Wildman–Crippen LogP) is 0.800. The van der Waals surface area contributed by atoms with E-state index in [4.69, 9.17) is 0 Å². The van der Waals surface area contributed by atoms with Crippen LogP contribution < -0.4 is 10.6 Å². The van der Waals surface area contributed by atoms with Gasteiger partial charge in [0.05, 0.1) is 6.10 Å². The molecule has 3 rings (SSSR count). The predicted molar refractivity (Wildman–Crippen MR) is 97.7 cm³/mol. The van der Waals surface area contributed by atoms with Crippen LogP contribution in [0.3, 0.4) is 0 Å². The number of hydrogen-bond acceptors (Lipinski definition) is 4. The van der Waals surface area contributed by atoms with Crippen molar-refractivity contribution in [1.82, 2.24) is 15.5 Å². The van der Waals surface area contributed by atoms with Gasteiger partial charge in [-0.2, -0.15) is 0 Å². The lowest BCUT2D eigenvalue weighted by Gasteiger charge is -2.34. The Kier molecular flexibility index (Phi) is 6.43. The number of hydrogen-bond donors (Lipinski definition) is 3. The second-order valence-electron chi connectivity index (χ2n) is 6.90. The van der Waals surface area contributed by atoms with Gasteiger partial charge in [-0.05, 0) is 31.9 Å². The van der Waals surface area contributed by atoms with E-state index < -0.39 is 11.6 Å². The summed E-state index contributed by atoms with van der Waals surface area (Å²) in [6, 6.07) is 9.08. The van der Waals surface area contributed by atoms with Crippen molar-refractivity contribution in [2.24, 2.45) is 5.92 Å². The largest absolute Gasteiger partial charge is 0.391 e. The molecule has 0 saturated carbocycles. The summed E-state index contributed by atoms with van der Waals surface area (Å²) in [6.45, 7) is 4.11. The molecule has 1 aromatic rings. The zero-order valence-corrected chi connectivity index (χ0v) is 15.2. The third-order valence-corrected chi connectivity index (χ3v) is 5.23. The normalized spacial score (nSPS) is 28.5. The molecule has 1 aromatic carbocycles. The first-order chi connectivity index (χ1) is 11.5. The maximum atomic E-state index is 12.8. The Bertz CT molecular complexity index is 613. The standard InChI is InChI=1S/C18H25N3O3.ClH/c1-18(17(24)20-11-14-10-19-12-15(14)22)8-5-9-21(18)16(23)13-6-3-2-4-7-13;/h2-4,6-7,14-15,19,22H,5,8-12H2,1H3,(H,20,24);1H. The van der Waals surface area contributed by atoms with Gasteiger partial charge in [-0.15, -0.1) is 12.4 Å². The van der Waals surface area contributed by atoms with Crippen molar-refractivity contribution in [2.45, 2.75) is 31.4 Å². The van der Waals surface area contributed by atoms with E-state index in [-0.39, 0.29) is 30.1 Å². The van der Waals surface area contributed by atoms with Gasteiger partial charge in [-0.25, -0.2) is 0 Å². The molecule has 0 aliphatic carbocycles. The number of carbonyl (C=O) groups excluding carboxylic acids is 2. The second-order valence-corrected chi connectivity index (χ2v) is 6.90. The van der Waals surface area contributed by atoms with Crippen LogP contribution in [0.15, 0.2) is 30.3 Å². The van der Waals surface area contributed by atoms with E-state index in [1.807, 2.05) is 25.1 Å². The Morgan fingerprint density at radius 2 is 2.04 bits per heavy atom. The molecule has 2 aliphatic rings. The fourth-order valence-electron chi connectivity index (χ4n) is 3.60. The summed E-state index contributed by atoms with van der Waals surface area (Å²) in [6.07, 6.45) is 1.04. The number of nitrogens with one attached hydrogen (secondary N) is 2. The van der Waals surface area contributed by atoms with Gasteiger partial charge < -0.3 is 20.6 Å². The van der Waals surface area contributed by atoms with Crippen molar-refractivity contribution in [3.05, 3.63) is 35.9 Å². The van der Waals surface area contributed by atoms with E-state index in [2.05, 4.69) is 10.6 Å². The molecular formula is C18H26ClN3O3. The van der Waals surface area contributed by atoms with Crippen molar-refractivity contribution in [1.29, 1.82) is 0 Å². The second kappa shape index (κ2) is 8.17. The first-order valence-corrected chi connectivity index (χ1v) is 8.56. The van der Waals surface area contributed by atoms with Gasteiger partial charge in [0.1, 0.15) is 5.54 Å². The number of rotatable bonds is 4. The Hall–Kier alpha value is -1.63. The molecule has 0 radical (unpaired) electrons. The van der Waals surface area contributed by atoms with E-state index in [1.54, 1.807) is 17.0 Å². The lowest BCUT2D eigenvalue weighted by atomic mass is 9.96. The summed E-state index contributed by atoms with van der Waals surface area (Å²) in [5.74, 6) is -0.214. The number of halogens is 1. The fraction of sp³-hybridized carbons (Fsp3) is 0.556. The quantitative estimate of drug-likeness (QED) is 0.735. The Labute approximate surface area is 154 Å². The average molecular weight is 368 g/mol. The molecule has 3 atom stereocenters. The molecule has 6 nitrogen and oxygen atoms in total. The van der Waals surface area contributed by atoms with Crippen molar-refractivity contribution < 1.29 is 14.7 Å². The Morgan fingerprint density at radius 1 is 1.32 bits per heavy atom. The van der Waals surface area contributed by atoms with Crippen LogP contribution in [0.4, 0.5) is 0 Å². The molecular weight excluding hydrogens is 342 g/mol. The smallest absolute Gasteiger partial charge is 0.254 e. The molecule has 7 heteroatoms. The number of carbonyl (C=O) groups is 2. The van der Waals surface area contributed by atoms with Gasteiger partial charge in [0.2, 0.25) is 5.91 Å². The van der Waals surface area contributed by atoms with Crippen molar-refractivity contribution in [2.75, 3.05) is 26.2 Å². The molecule has 3 N–H and O–H groups in total. The van der Waals surface area contributed by atoms with Gasteiger partial charge >= 0.3 is 0 Å². The number of aliphatic hydroxyl groups excluding tert-OH is 1. The van der Waals surface area contributed by atoms with Crippen LogP contribution in [-0.2, 0) is 4.79 Å². The summed E-state index contributed by atoms with van der Waals surface area (Å²) in [4.78, 5) is 27.2. The summed E-state index contributed by atoms with van der Waals surface area (Å²) in [7, 11) is 0. The van der Waals surface area contributed by atoms with Crippen LogP contribution in [0.5, 0.6) is 0 Å². The van der Waals surface area contributed by atoms with E-state index in [1.165, 1.54) is 0 Å². The third-order valence-electron chi connectivity index (χ3n) is 5.23. The highest BCUT2D eigenvalue weighted by Crippen LogP contribution is 2.31. The topological polar surface area (TPSA) is 81.7 Å². The SMILES string of the molecule is CC1(C(=O)NCC2CNCC2O)CCCN1C(=O)c1ccccc1.Cl. The number of aliphatic hydroxyl groups is 1. The van der Waals surface area contributed by atoms with Gasteiger partial charge in [-0.1, -0.05) is 18.2 Å². The van der Waals surface area contributed by atoms with E-state index in [0.717, 1.165) is 6.42 Å². The number of nitrogens with zero attached hydrogens (tertiary/aromatic N) is 1. The minimum Gasteiger partial charge on any atom is -0.391 e. The van der Waals surface area contributed by atoms with Crippen LogP contribution in [0, 0.1) is 5.92 Å². The third kappa shape index (κ3) is 3.97. The number of amides is 2. The van der Waals surface area contributed by atoms with E-state index in [0.29, 0.717) is 38.2 Å². The molecule has 2 aliphatic heterocycles. The van der Waals surface area contributed by atoms with E-state index >= 15 is 0 Å². The lowest BCUT2D eigenvalue weighted by molar-refractivity contribution is -0.130. The van der Waals surface area contributed by atoms with Crippen LogP contribution in [0.25, 0.3) is 0 Å². The Balaban J connectivity index is 0.00000225. The molecule has 2 heterocycles. The number of benzene rings is 1. The van der Waals surface area contributed by atoms with Crippen molar-refractivity contribution in [3.8, 4) is 0 Å². The molecule has 2 fully saturated rings. The molecule has 0 aromatic heterocycles. The summed E-state index contributed by atoms with van der Waals surface area (Å²) in [5.41, 5.74) is -0.224. The molecule has 2 saturated heterocycles. The van der Waals surface area contributed by atoms with Gasteiger partial charge in [0.15, 0.2) is 0 Å². The Morgan fingerprint density at radius 3 is 2.68 bits per heavy atom. The zero-order chi connectivity index (χ0) is 17.2. The molecule has 25 heavy (non-hydrogen) atoms. The van der Waals surface area contributed by atoms with Crippen LogP contribution in [0.2, 0.25) is 0 Å². The lowest BCUT2D eigenvalue weighted by Crippen LogP contribution is -2.56. The van der Waals surface area contributed by atoms with Crippen LogP contribution in [0.1, 0.15) is 30.1 Å². The first-order valence-electron chi connectivity index (χ1n) is 8.56. The highest BCUT2D eigenvalue weighted by molar-refractivity contribution is 5.99. The molecule has 138 valence electrons. The van der Waals surface area contributed by atoms with Gasteiger partial charge in [-0.3, -0.25) is 9.59 Å². The average Bonchev–Trinajstić information content (AvgIpc) is 3.19. The van der Waals surface area contributed by atoms with E-state index in [9.17, 15) is 14.7 Å². The summed E-state index contributed by atoms with van der Waals surface area (Å²) >= 11 is 0. The van der Waals surface area contributed by atoms with Crippen LogP contribution in [-0.4, -0.2) is 59.6 Å². The highest BCUT2D eigenvalue weighted by atomic mass is 35.5. The number of β-amino-alcohol motifs (C(OH)–C–C–N with tert-alkyl or cyclic N) is 1. The monoisotopic (exact) mass is 367 g/mol. The van der Waals surface area contributed by atoms with Crippen LogP contribution >= 0.6 is 12.4 Å². The highest BCUT2D eigenvalue weighted by Gasteiger charge is 2.46. The minimum absolute atomic E-state index is 0. The first kappa shape index (κ1) is 19.7. The fourth-order valence-corrected chi connectivity index (χ4v) is 3.60. The van der Waals surface area contributed by atoms with Gasteiger partial charge in [0.25, 0.3) is 5.91 Å². The molecule has 3 unspecified atom stereocenters. The molecule has 0 spiro atoms. The molecule has 0 bridgehead atoms. The summed E-state index contributed by atoms with van der Waals surface area (Å²) in [5, 5.41) is 15.9.